The first-order valence-electron chi connectivity index (χ1n) is 8.89. The zero-order chi connectivity index (χ0) is 18.5. The van der Waals surface area contributed by atoms with Gasteiger partial charge in [0.15, 0.2) is 0 Å². The standard InChI is InChI=1S/C18H20F2N2O4/c19-18(20)7-14(17(24)25)22(9-18)16(23)13-6-5-12(11-3-4-11)15(21-13)26-8-10-1-2-10/h5-6,10-11,14H,1-4,7-9H2,(H,24,25)/t14-/m0/s1. The number of halogens is 2. The molecule has 1 aromatic rings. The quantitative estimate of drug-likeness (QED) is 0.837. The molecule has 0 aromatic carbocycles. The molecule has 4 rings (SSSR count). The summed E-state index contributed by atoms with van der Waals surface area (Å²) in [7, 11) is 0. The Morgan fingerprint density at radius 3 is 2.62 bits per heavy atom. The van der Waals surface area contributed by atoms with Gasteiger partial charge in [0.25, 0.3) is 11.8 Å². The largest absolute Gasteiger partial charge is 0.480 e. The first-order valence-corrected chi connectivity index (χ1v) is 8.89. The maximum absolute atomic E-state index is 13.7. The van der Waals surface area contributed by atoms with Gasteiger partial charge in [-0.3, -0.25) is 4.79 Å². The van der Waals surface area contributed by atoms with Gasteiger partial charge < -0.3 is 14.7 Å². The molecule has 1 aliphatic heterocycles. The van der Waals surface area contributed by atoms with Crippen molar-refractivity contribution in [2.45, 2.75) is 50.0 Å². The number of aliphatic carboxylic acids is 1. The number of rotatable bonds is 6. The maximum Gasteiger partial charge on any atom is 0.326 e. The summed E-state index contributed by atoms with van der Waals surface area (Å²) in [5, 5.41) is 9.17. The molecule has 0 radical (unpaired) electrons. The van der Waals surface area contributed by atoms with Crippen LogP contribution >= 0.6 is 0 Å². The molecule has 1 amide bonds. The number of alkyl halides is 2. The summed E-state index contributed by atoms with van der Waals surface area (Å²) < 4.78 is 33.1. The van der Waals surface area contributed by atoms with Crippen LogP contribution in [0.4, 0.5) is 8.78 Å². The Morgan fingerprint density at radius 1 is 1.27 bits per heavy atom. The lowest BCUT2D eigenvalue weighted by molar-refractivity contribution is -0.141. The van der Waals surface area contributed by atoms with Crippen molar-refractivity contribution in [1.82, 2.24) is 9.88 Å². The number of carbonyl (C=O) groups is 2. The fraction of sp³-hybridized carbons (Fsp3) is 0.611. The van der Waals surface area contributed by atoms with Crippen LogP contribution in [0.5, 0.6) is 5.88 Å². The maximum atomic E-state index is 13.7. The van der Waals surface area contributed by atoms with Gasteiger partial charge in [0.05, 0.1) is 13.2 Å². The molecular weight excluding hydrogens is 346 g/mol. The Bertz CT molecular complexity index is 747. The van der Waals surface area contributed by atoms with Gasteiger partial charge in [-0.05, 0) is 43.6 Å². The van der Waals surface area contributed by atoms with E-state index >= 15 is 0 Å². The third kappa shape index (κ3) is 3.50. The van der Waals surface area contributed by atoms with Crippen molar-refractivity contribution in [2.75, 3.05) is 13.2 Å². The van der Waals surface area contributed by atoms with E-state index in [9.17, 15) is 23.5 Å². The molecule has 0 unspecified atom stereocenters. The van der Waals surface area contributed by atoms with Crippen molar-refractivity contribution in [3.8, 4) is 5.88 Å². The first kappa shape index (κ1) is 17.2. The fourth-order valence-electron chi connectivity index (χ4n) is 3.27. The van der Waals surface area contributed by atoms with Crippen molar-refractivity contribution in [3.05, 3.63) is 23.4 Å². The molecule has 2 aliphatic carbocycles. The minimum Gasteiger partial charge on any atom is -0.480 e. The molecule has 8 heteroatoms. The average Bonchev–Trinajstić information content (AvgIpc) is 3.49. The zero-order valence-corrected chi connectivity index (χ0v) is 14.2. The lowest BCUT2D eigenvalue weighted by atomic mass is 10.1. The zero-order valence-electron chi connectivity index (χ0n) is 14.2. The number of hydrogen-bond acceptors (Lipinski definition) is 4. The molecule has 3 aliphatic rings. The summed E-state index contributed by atoms with van der Waals surface area (Å²) in [5.74, 6) is -4.19. The predicted octanol–water partition coefficient (Wildman–Crippen LogP) is 2.68. The van der Waals surface area contributed by atoms with E-state index < -0.39 is 36.8 Å². The molecule has 1 aromatic heterocycles. The SMILES string of the molecule is O=C(O)[C@@H]1CC(F)(F)CN1C(=O)c1ccc(C2CC2)c(OCC2CC2)n1. The molecule has 2 heterocycles. The van der Waals surface area contributed by atoms with Crippen LogP contribution in [-0.4, -0.2) is 52.0 Å². The third-order valence-electron chi connectivity index (χ3n) is 5.09. The van der Waals surface area contributed by atoms with Crippen LogP contribution < -0.4 is 4.74 Å². The Labute approximate surface area is 149 Å². The van der Waals surface area contributed by atoms with Crippen molar-refractivity contribution < 1.29 is 28.2 Å². The van der Waals surface area contributed by atoms with Gasteiger partial charge in [-0.25, -0.2) is 18.6 Å². The number of carbonyl (C=O) groups excluding carboxylic acids is 1. The first-order chi connectivity index (χ1) is 12.3. The Morgan fingerprint density at radius 2 is 2.00 bits per heavy atom. The number of carboxylic acid groups (broad SMARTS) is 1. The number of likely N-dealkylation sites (tertiary alicyclic amines) is 1. The average molecular weight is 366 g/mol. The molecule has 2 saturated carbocycles. The lowest BCUT2D eigenvalue weighted by Gasteiger charge is -2.21. The molecule has 3 fully saturated rings. The molecule has 140 valence electrons. The van der Waals surface area contributed by atoms with Gasteiger partial charge in [-0.15, -0.1) is 0 Å². The predicted molar refractivity (Wildman–Crippen MR) is 86.5 cm³/mol. The number of aromatic nitrogens is 1. The fourth-order valence-corrected chi connectivity index (χ4v) is 3.27. The molecule has 26 heavy (non-hydrogen) atoms. The molecule has 1 N–H and O–H groups in total. The van der Waals surface area contributed by atoms with Gasteiger partial charge in [-0.1, -0.05) is 6.07 Å². The second-order valence-electron chi connectivity index (χ2n) is 7.47. The van der Waals surface area contributed by atoms with Crippen LogP contribution in [0.1, 0.15) is 54.1 Å². The Kier molecular flexibility index (Phi) is 4.08. The van der Waals surface area contributed by atoms with Gasteiger partial charge in [0.2, 0.25) is 5.88 Å². The second kappa shape index (κ2) is 6.17. The van der Waals surface area contributed by atoms with E-state index in [0.29, 0.717) is 29.2 Å². The molecule has 1 atom stereocenters. The highest BCUT2D eigenvalue weighted by Crippen LogP contribution is 2.44. The van der Waals surface area contributed by atoms with Crippen molar-refractivity contribution in [1.29, 1.82) is 0 Å². The second-order valence-corrected chi connectivity index (χ2v) is 7.47. The number of pyridine rings is 1. The van der Waals surface area contributed by atoms with Crippen LogP contribution in [0.15, 0.2) is 12.1 Å². The van der Waals surface area contributed by atoms with Gasteiger partial charge in [0.1, 0.15) is 11.7 Å². The number of ether oxygens (including phenoxy) is 1. The van der Waals surface area contributed by atoms with E-state index in [-0.39, 0.29) is 5.69 Å². The van der Waals surface area contributed by atoms with Crippen LogP contribution in [0.25, 0.3) is 0 Å². The van der Waals surface area contributed by atoms with E-state index in [1.54, 1.807) is 6.07 Å². The summed E-state index contributed by atoms with van der Waals surface area (Å²) in [6.45, 7) is -0.378. The van der Waals surface area contributed by atoms with Crippen molar-refractivity contribution >= 4 is 11.9 Å². The van der Waals surface area contributed by atoms with Crippen LogP contribution in [-0.2, 0) is 4.79 Å². The normalized spacial score (nSPS) is 24.5. The van der Waals surface area contributed by atoms with Gasteiger partial charge in [-0.2, -0.15) is 0 Å². The van der Waals surface area contributed by atoms with E-state index in [1.807, 2.05) is 0 Å². The molecule has 1 saturated heterocycles. The monoisotopic (exact) mass is 366 g/mol. The number of amides is 1. The number of hydrogen-bond donors (Lipinski definition) is 1. The lowest BCUT2D eigenvalue weighted by Crippen LogP contribution is -2.41. The molecule has 0 bridgehead atoms. The Balaban J connectivity index is 1.58. The summed E-state index contributed by atoms with van der Waals surface area (Å²) in [4.78, 5) is 28.9. The number of nitrogens with zero attached hydrogens (tertiary/aromatic N) is 2. The van der Waals surface area contributed by atoms with Crippen LogP contribution in [0, 0.1) is 5.92 Å². The molecule has 6 nitrogen and oxygen atoms in total. The number of carboxylic acids is 1. The summed E-state index contributed by atoms with van der Waals surface area (Å²) in [6, 6.07) is 1.69. The minimum absolute atomic E-state index is 0.0517. The van der Waals surface area contributed by atoms with Crippen molar-refractivity contribution in [2.24, 2.45) is 5.92 Å². The Hall–Kier alpha value is -2.25. The summed E-state index contributed by atoms with van der Waals surface area (Å²) in [6.07, 6.45) is 3.42. The van der Waals surface area contributed by atoms with Crippen LogP contribution in [0.3, 0.4) is 0 Å². The molecular formula is C18H20F2N2O4. The van der Waals surface area contributed by atoms with Crippen LogP contribution in [0.2, 0.25) is 0 Å². The van der Waals surface area contributed by atoms with Gasteiger partial charge in [0, 0.05) is 12.0 Å². The smallest absolute Gasteiger partial charge is 0.326 e. The summed E-state index contributed by atoms with van der Waals surface area (Å²) in [5.41, 5.74) is 0.882. The topological polar surface area (TPSA) is 79.7 Å². The van der Waals surface area contributed by atoms with E-state index in [4.69, 9.17) is 4.74 Å². The minimum atomic E-state index is -3.21. The van der Waals surface area contributed by atoms with Gasteiger partial charge >= 0.3 is 5.97 Å². The van der Waals surface area contributed by atoms with Crippen molar-refractivity contribution in [3.63, 3.8) is 0 Å². The molecule has 0 spiro atoms. The highest BCUT2D eigenvalue weighted by Gasteiger charge is 2.50. The van der Waals surface area contributed by atoms with E-state index in [2.05, 4.69) is 4.98 Å². The van der Waals surface area contributed by atoms with E-state index in [1.165, 1.54) is 6.07 Å². The third-order valence-corrected chi connectivity index (χ3v) is 5.09. The summed E-state index contributed by atoms with van der Waals surface area (Å²) >= 11 is 0. The highest BCUT2D eigenvalue weighted by molar-refractivity contribution is 5.95. The highest BCUT2D eigenvalue weighted by atomic mass is 19.3. The van der Waals surface area contributed by atoms with E-state index in [0.717, 1.165) is 31.2 Å².